The zero-order chi connectivity index (χ0) is 38.9. The Morgan fingerprint density at radius 1 is 0.370 bits per heavy atom. The van der Waals surface area contributed by atoms with Crippen LogP contribution in [0.15, 0.2) is 0 Å². The van der Waals surface area contributed by atoms with Crippen molar-refractivity contribution in [1.29, 1.82) is 0 Å². The predicted molar refractivity (Wildman–Crippen MR) is 234 cm³/mol. The van der Waals surface area contributed by atoms with Gasteiger partial charge in [0.2, 0.25) is 0 Å². The Morgan fingerprint density at radius 2 is 0.611 bits per heavy atom. The molecule has 0 radical (unpaired) electrons. The summed E-state index contributed by atoms with van der Waals surface area (Å²) in [4.78, 5) is 25.5. The molecule has 0 aromatic rings. The van der Waals surface area contributed by atoms with E-state index in [1.165, 1.54) is 218 Å². The molecule has 0 saturated carbocycles. The van der Waals surface area contributed by atoms with Gasteiger partial charge in [0.05, 0.1) is 0 Å². The van der Waals surface area contributed by atoms with Gasteiger partial charge in [-0.1, -0.05) is 245 Å². The highest BCUT2D eigenvalue weighted by Crippen LogP contribution is 2.26. The minimum Gasteiger partial charge on any atom is -0.464 e. The van der Waals surface area contributed by atoms with Gasteiger partial charge in [-0.2, -0.15) is 0 Å². The van der Waals surface area contributed by atoms with Crippen LogP contribution in [0.3, 0.4) is 0 Å². The Bertz CT molecular complexity index is 740. The zero-order valence-corrected chi connectivity index (χ0v) is 37.7. The number of hydrogen-bond acceptors (Lipinski definition) is 5. The molecule has 0 aromatic heterocycles. The third-order valence-corrected chi connectivity index (χ3v) is 14.4. The summed E-state index contributed by atoms with van der Waals surface area (Å²) in [6.45, 7) is 5.10. The van der Waals surface area contributed by atoms with Gasteiger partial charge in [0.15, 0.2) is 0 Å². The van der Waals surface area contributed by atoms with Crippen molar-refractivity contribution in [2.75, 3.05) is 6.61 Å². The molecule has 0 bridgehead atoms. The predicted octanol–water partition coefficient (Wildman–Crippen LogP) is 16.5. The van der Waals surface area contributed by atoms with E-state index in [2.05, 4.69) is 13.8 Å². The molecule has 1 fully saturated rings. The summed E-state index contributed by atoms with van der Waals surface area (Å²) in [5.74, 6) is -0.487. The molecule has 0 atom stereocenters. The van der Waals surface area contributed by atoms with Crippen molar-refractivity contribution in [1.82, 2.24) is 0 Å². The molecule has 0 aromatic carbocycles. The molecule has 0 unspecified atom stereocenters. The lowest BCUT2D eigenvalue weighted by atomic mass is 10.0. The average molecular weight is 779 g/mol. The number of unbranched alkanes of at least 4 members (excludes halogenated alkanes) is 36. The summed E-state index contributed by atoms with van der Waals surface area (Å²) in [6, 6.07) is 0.572. The first kappa shape index (κ1) is 51.1. The van der Waals surface area contributed by atoms with E-state index in [-0.39, 0.29) is 11.9 Å². The number of carbonyl (C=O) groups is 2. The van der Waals surface area contributed by atoms with Crippen molar-refractivity contribution in [3.05, 3.63) is 0 Å². The lowest BCUT2D eigenvalue weighted by Crippen LogP contribution is -2.50. The van der Waals surface area contributed by atoms with Gasteiger partial charge in [-0.15, -0.1) is 0 Å². The van der Waals surface area contributed by atoms with E-state index < -0.39 is 8.80 Å². The summed E-state index contributed by atoms with van der Waals surface area (Å²) in [5, 5.41) is 0. The Hall–Kier alpha value is -0.883. The zero-order valence-electron chi connectivity index (χ0n) is 36.7. The fourth-order valence-corrected chi connectivity index (χ4v) is 10.6. The molecule has 1 heterocycles. The number of carbonyl (C=O) groups excluding carboxylic acids is 2. The van der Waals surface area contributed by atoms with Crippen LogP contribution >= 0.6 is 0 Å². The van der Waals surface area contributed by atoms with Gasteiger partial charge >= 0.3 is 8.80 Å². The maximum Gasteiger partial charge on any atom is 0.636 e. The van der Waals surface area contributed by atoms with E-state index in [1.54, 1.807) is 0 Å². The molecule has 1 rings (SSSR count). The van der Waals surface area contributed by atoms with Gasteiger partial charge in [0, 0.05) is 25.5 Å². The molecule has 320 valence electrons. The highest BCUT2D eigenvalue weighted by Gasteiger charge is 2.50. The molecule has 6 heteroatoms. The average Bonchev–Trinajstić information content (AvgIpc) is 3.17. The minimum absolute atomic E-state index is 0.244. The fraction of sp³-hybridized carbons (Fsp3) is 0.958. The van der Waals surface area contributed by atoms with Crippen LogP contribution in [0.4, 0.5) is 0 Å². The fourth-order valence-electron chi connectivity index (χ4n) is 8.07. The van der Waals surface area contributed by atoms with E-state index in [1.807, 2.05) is 0 Å². The molecule has 1 aliphatic heterocycles. The second kappa shape index (κ2) is 40.3. The van der Waals surface area contributed by atoms with Crippen molar-refractivity contribution in [3.63, 3.8) is 0 Å². The first-order chi connectivity index (χ1) is 26.6. The van der Waals surface area contributed by atoms with Crippen LogP contribution in [-0.4, -0.2) is 27.3 Å². The van der Waals surface area contributed by atoms with Gasteiger partial charge < -0.3 is 13.3 Å². The molecular weight excluding hydrogens is 685 g/mol. The number of rotatable bonds is 42. The van der Waals surface area contributed by atoms with Crippen LogP contribution in [0.2, 0.25) is 6.04 Å². The van der Waals surface area contributed by atoms with Crippen LogP contribution in [0, 0.1) is 0 Å². The molecule has 0 spiro atoms. The highest BCUT2D eigenvalue weighted by atomic mass is 28.4. The van der Waals surface area contributed by atoms with E-state index >= 15 is 0 Å². The van der Waals surface area contributed by atoms with Gasteiger partial charge in [-0.05, 0) is 25.7 Å². The standard InChI is InChI=1S/C48H94O5Si/c1-3-5-7-9-11-13-15-17-19-21-23-25-27-29-31-33-35-37-39-43-47(49)52-54(46-42-41-45-51-54)53-48(50)44-40-38-36-34-32-30-28-26-24-22-20-18-16-14-12-10-8-6-4-2/h3-46H2,1-2H3. The van der Waals surface area contributed by atoms with E-state index in [0.717, 1.165) is 38.5 Å². The van der Waals surface area contributed by atoms with Crippen LogP contribution in [0.1, 0.15) is 284 Å². The van der Waals surface area contributed by atoms with Crippen LogP contribution in [-0.2, 0) is 22.9 Å². The maximum atomic E-state index is 12.8. The summed E-state index contributed by atoms with van der Waals surface area (Å²) >= 11 is 0. The van der Waals surface area contributed by atoms with Crippen molar-refractivity contribution >= 4 is 20.7 Å². The topological polar surface area (TPSA) is 61.8 Å². The lowest BCUT2D eigenvalue weighted by molar-refractivity contribution is -0.146. The summed E-state index contributed by atoms with van der Waals surface area (Å²) in [7, 11) is -3.24. The van der Waals surface area contributed by atoms with E-state index in [0.29, 0.717) is 25.5 Å². The molecular formula is C48H94O5Si. The maximum absolute atomic E-state index is 12.8. The highest BCUT2D eigenvalue weighted by molar-refractivity contribution is 6.64. The van der Waals surface area contributed by atoms with Crippen molar-refractivity contribution < 1.29 is 22.9 Å². The van der Waals surface area contributed by atoms with Crippen molar-refractivity contribution in [2.45, 2.75) is 290 Å². The lowest BCUT2D eigenvalue weighted by Gasteiger charge is -2.31. The van der Waals surface area contributed by atoms with Crippen LogP contribution in [0.5, 0.6) is 0 Å². The SMILES string of the molecule is CCCCCCCCCCCCCCCCCCCCCC(=O)O[Si]1(OC(=O)CCCCCCCCCCCCCCCCCCCCC)CCCCO1. The Morgan fingerprint density at radius 3 is 0.833 bits per heavy atom. The molecule has 54 heavy (non-hydrogen) atoms. The summed E-state index contributed by atoms with van der Waals surface area (Å²) in [5.41, 5.74) is 0. The van der Waals surface area contributed by atoms with Crippen LogP contribution in [0.25, 0.3) is 0 Å². The first-order valence-corrected chi connectivity index (χ1v) is 26.6. The first-order valence-electron chi connectivity index (χ1n) is 24.7. The smallest absolute Gasteiger partial charge is 0.464 e. The quantitative estimate of drug-likeness (QED) is 0.0456. The monoisotopic (exact) mass is 779 g/mol. The molecule has 0 N–H and O–H groups in total. The second-order valence-electron chi connectivity index (χ2n) is 17.2. The van der Waals surface area contributed by atoms with Crippen molar-refractivity contribution in [3.8, 4) is 0 Å². The molecule has 0 aliphatic carbocycles. The Kier molecular flexibility index (Phi) is 38.2. The Balaban J connectivity index is 1.95. The molecule has 1 aliphatic rings. The molecule has 0 amide bonds. The van der Waals surface area contributed by atoms with E-state index in [9.17, 15) is 9.59 Å². The third-order valence-electron chi connectivity index (χ3n) is 11.7. The van der Waals surface area contributed by atoms with E-state index in [4.69, 9.17) is 13.3 Å². The summed E-state index contributed by atoms with van der Waals surface area (Å²) < 4.78 is 17.7. The van der Waals surface area contributed by atoms with Gasteiger partial charge in [-0.3, -0.25) is 9.59 Å². The minimum atomic E-state index is -3.24. The molecule has 1 saturated heterocycles. The third kappa shape index (κ3) is 34.4. The largest absolute Gasteiger partial charge is 0.636 e. The van der Waals surface area contributed by atoms with Gasteiger partial charge in [-0.25, -0.2) is 0 Å². The molecule has 5 nitrogen and oxygen atoms in total. The number of hydrogen-bond donors (Lipinski definition) is 0. The second-order valence-corrected chi connectivity index (χ2v) is 19.7. The van der Waals surface area contributed by atoms with Gasteiger partial charge in [0.25, 0.3) is 11.9 Å². The van der Waals surface area contributed by atoms with Gasteiger partial charge in [0.1, 0.15) is 0 Å². The Labute approximate surface area is 338 Å². The van der Waals surface area contributed by atoms with Crippen molar-refractivity contribution in [2.24, 2.45) is 0 Å². The normalized spacial score (nSPS) is 14.0. The van der Waals surface area contributed by atoms with Crippen LogP contribution < -0.4 is 0 Å². The summed E-state index contributed by atoms with van der Waals surface area (Å²) in [6.07, 6.45) is 53.4.